The highest BCUT2D eigenvalue weighted by molar-refractivity contribution is 7.25. The molecule has 5 rings (SSSR count). The van der Waals surface area contributed by atoms with E-state index in [0.717, 1.165) is 42.7 Å². The highest BCUT2D eigenvalue weighted by Gasteiger charge is 2.11. The Morgan fingerprint density at radius 3 is 2.61 bits per heavy atom. The van der Waals surface area contributed by atoms with Gasteiger partial charge in [0.05, 0.1) is 16.6 Å². The molecule has 4 heterocycles. The molecule has 0 atom stereocenters. The van der Waals surface area contributed by atoms with Crippen molar-refractivity contribution in [2.45, 2.75) is 0 Å². The maximum Gasteiger partial charge on any atom is 0.145 e. The van der Waals surface area contributed by atoms with Crippen LogP contribution in [0.2, 0.25) is 0 Å². The first-order valence-electron chi connectivity index (χ1n) is 7.24. The van der Waals surface area contributed by atoms with Crippen molar-refractivity contribution in [3.8, 4) is 11.4 Å². The topological polar surface area (TPSA) is 51.6 Å². The van der Waals surface area contributed by atoms with Gasteiger partial charge in [0, 0.05) is 17.8 Å². The zero-order valence-corrected chi connectivity index (χ0v) is 12.8. The van der Waals surface area contributed by atoms with Crippen LogP contribution in [0.15, 0.2) is 61.1 Å². The molecule has 0 spiro atoms. The van der Waals surface area contributed by atoms with Gasteiger partial charge in [0.2, 0.25) is 0 Å². The number of hydrogen-bond donors (Lipinski definition) is 0. The highest BCUT2D eigenvalue weighted by Crippen LogP contribution is 2.31. The third-order valence-electron chi connectivity index (χ3n) is 3.84. The fourth-order valence-electron chi connectivity index (χ4n) is 2.71. The van der Waals surface area contributed by atoms with Crippen LogP contribution in [0.3, 0.4) is 0 Å². The lowest BCUT2D eigenvalue weighted by Crippen LogP contribution is -1.89. The Labute approximate surface area is 135 Å². The minimum absolute atomic E-state index is 0.787. The fourth-order valence-corrected chi connectivity index (χ4v) is 3.70. The largest absolute Gasteiger partial charge is 0.254 e. The molecule has 0 saturated carbocycles. The average Bonchev–Trinajstić information content (AvgIpc) is 2.99. The van der Waals surface area contributed by atoms with Crippen molar-refractivity contribution in [3.63, 3.8) is 0 Å². The van der Waals surface area contributed by atoms with Crippen molar-refractivity contribution in [2.24, 2.45) is 0 Å². The predicted molar refractivity (Wildman–Crippen MR) is 93.5 cm³/mol. The summed E-state index contributed by atoms with van der Waals surface area (Å²) in [7, 11) is 0. The molecule has 0 bridgehead atoms. The lowest BCUT2D eigenvalue weighted by atomic mass is 10.1. The molecule has 0 aliphatic rings. The summed E-state index contributed by atoms with van der Waals surface area (Å²) in [6, 6.07) is 14.2. The number of fused-ring (bicyclic) bond motifs is 4. The second-order valence-corrected chi connectivity index (χ2v) is 6.31. The van der Waals surface area contributed by atoms with Crippen molar-refractivity contribution in [3.05, 3.63) is 61.1 Å². The normalized spacial score (nSPS) is 11.5. The Hall–Kier alpha value is -2.92. The van der Waals surface area contributed by atoms with Crippen molar-refractivity contribution in [1.82, 2.24) is 19.9 Å². The van der Waals surface area contributed by atoms with Gasteiger partial charge in [0.25, 0.3) is 0 Å². The molecule has 0 amide bonds. The summed E-state index contributed by atoms with van der Waals surface area (Å²) in [4.78, 5) is 19.1. The van der Waals surface area contributed by atoms with E-state index in [1.54, 1.807) is 23.7 Å². The Morgan fingerprint density at radius 2 is 1.65 bits per heavy atom. The van der Waals surface area contributed by atoms with E-state index in [4.69, 9.17) is 4.98 Å². The van der Waals surface area contributed by atoms with Gasteiger partial charge < -0.3 is 0 Å². The molecule has 5 heteroatoms. The van der Waals surface area contributed by atoms with Crippen molar-refractivity contribution in [2.75, 3.05) is 0 Å². The summed E-state index contributed by atoms with van der Waals surface area (Å²) in [5.41, 5.74) is 3.39. The molecule has 1 aromatic carbocycles. The fraction of sp³-hybridized carbons (Fsp3) is 0. The van der Waals surface area contributed by atoms with Gasteiger partial charge in [0.1, 0.15) is 21.6 Å². The minimum atomic E-state index is 0.787. The van der Waals surface area contributed by atoms with Crippen LogP contribution in [0.1, 0.15) is 0 Å². The second-order valence-electron chi connectivity index (χ2n) is 5.28. The van der Waals surface area contributed by atoms with Crippen LogP contribution in [0.25, 0.3) is 42.7 Å². The number of benzene rings is 1. The number of aromatic nitrogens is 4. The summed E-state index contributed by atoms with van der Waals surface area (Å²) in [6.07, 6.45) is 5.44. The van der Waals surface area contributed by atoms with Gasteiger partial charge in [-0.2, -0.15) is 0 Å². The van der Waals surface area contributed by atoms with Crippen LogP contribution in [0, 0.1) is 0 Å². The maximum absolute atomic E-state index is 4.74. The first-order chi connectivity index (χ1) is 11.4. The summed E-state index contributed by atoms with van der Waals surface area (Å²) in [6.45, 7) is 0. The average molecular weight is 314 g/mol. The number of nitrogens with zero attached hydrogens (tertiary/aromatic N) is 4. The minimum Gasteiger partial charge on any atom is -0.254 e. The Bertz CT molecular complexity index is 1180. The van der Waals surface area contributed by atoms with E-state index in [2.05, 4.69) is 33.2 Å². The van der Waals surface area contributed by atoms with E-state index < -0.39 is 0 Å². The van der Waals surface area contributed by atoms with Crippen molar-refractivity contribution < 1.29 is 0 Å². The van der Waals surface area contributed by atoms with Crippen LogP contribution >= 0.6 is 11.3 Å². The molecule has 4 nitrogen and oxygen atoms in total. The van der Waals surface area contributed by atoms with E-state index in [9.17, 15) is 0 Å². The summed E-state index contributed by atoms with van der Waals surface area (Å²) in [5.74, 6) is 0. The van der Waals surface area contributed by atoms with Gasteiger partial charge in [-0.3, -0.25) is 9.97 Å². The lowest BCUT2D eigenvalue weighted by molar-refractivity contribution is 1.26. The second kappa shape index (κ2) is 4.79. The SMILES string of the molecule is c1ccc2cc(-c3cnc4c(n3)sc3cccnc34)ncc2c1. The van der Waals surface area contributed by atoms with E-state index in [1.807, 2.05) is 30.5 Å². The lowest BCUT2D eigenvalue weighted by Gasteiger charge is -2.02. The molecule has 4 aromatic heterocycles. The molecule has 0 saturated heterocycles. The number of rotatable bonds is 1. The van der Waals surface area contributed by atoms with Gasteiger partial charge in [-0.05, 0) is 23.6 Å². The Balaban J connectivity index is 1.73. The predicted octanol–water partition coefficient (Wildman–Crippen LogP) is 4.45. The number of thiophene rings is 1. The van der Waals surface area contributed by atoms with Crippen LogP contribution in [-0.4, -0.2) is 19.9 Å². The van der Waals surface area contributed by atoms with E-state index in [-0.39, 0.29) is 0 Å². The summed E-state index contributed by atoms with van der Waals surface area (Å²) >= 11 is 1.61. The summed E-state index contributed by atoms with van der Waals surface area (Å²) in [5, 5.41) is 2.27. The van der Waals surface area contributed by atoms with Crippen LogP contribution in [0.4, 0.5) is 0 Å². The van der Waals surface area contributed by atoms with E-state index in [1.165, 1.54) is 0 Å². The van der Waals surface area contributed by atoms with Gasteiger partial charge in [-0.25, -0.2) is 9.97 Å². The Kier molecular flexibility index (Phi) is 2.63. The molecule has 23 heavy (non-hydrogen) atoms. The molecule has 0 radical (unpaired) electrons. The maximum atomic E-state index is 4.74. The number of hydrogen-bond acceptors (Lipinski definition) is 5. The molecule has 0 unspecified atom stereocenters. The highest BCUT2D eigenvalue weighted by atomic mass is 32.1. The molecular weight excluding hydrogens is 304 g/mol. The third-order valence-corrected chi connectivity index (χ3v) is 4.86. The molecule has 0 N–H and O–H groups in total. The number of pyridine rings is 2. The van der Waals surface area contributed by atoms with Crippen molar-refractivity contribution >= 4 is 42.7 Å². The molecule has 0 aliphatic carbocycles. The van der Waals surface area contributed by atoms with Gasteiger partial charge in [-0.15, -0.1) is 11.3 Å². The standard InChI is InChI=1S/C18H10N4S/c1-2-5-12-9-20-13(8-11(12)4-1)14-10-21-17-16-15(6-3-7-19-16)23-18(17)22-14/h1-10H. The molecule has 5 aromatic rings. The molecular formula is C18H10N4S. The molecule has 108 valence electrons. The van der Waals surface area contributed by atoms with Crippen LogP contribution in [0.5, 0.6) is 0 Å². The zero-order valence-electron chi connectivity index (χ0n) is 12.0. The zero-order chi connectivity index (χ0) is 15.2. The van der Waals surface area contributed by atoms with Crippen LogP contribution < -0.4 is 0 Å². The van der Waals surface area contributed by atoms with Gasteiger partial charge >= 0.3 is 0 Å². The van der Waals surface area contributed by atoms with E-state index >= 15 is 0 Å². The van der Waals surface area contributed by atoms with Crippen LogP contribution in [-0.2, 0) is 0 Å². The third kappa shape index (κ3) is 1.98. The Morgan fingerprint density at radius 1 is 0.739 bits per heavy atom. The first kappa shape index (κ1) is 12.6. The van der Waals surface area contributed by atoms with Gasteiger partial charge in [0.15, 0.2) is 0 Å². The smallest absolute Gasteiger partial charge is 0.145 e. The summed E-state index contributed by atoms with van der Waals surface area (Å²) < 4.78 is 1.10. The van der Waals surface area contributed by atoms with Crippen molar-refractivity contribution in [1.29, 1.82) is 0 Å². The molecule has 0 fully saturated rings. The monoisotopic (exact) mass is 314 g/mol. The molecule has 0 aliphatic heterocycles. The van der Waals surface area contributed by atoms with E-state index in [0.29, 0.717) is 0 Å². The quantitative estimate of drug-likeness (QED) is 0.458. The van der Waals surface area contributed by atoms with Gasteiger partial charge in [-0.1, -0.05) is 24.3 Å². The first-order valence-corrected chi connectivity index (χ1v) is 8.05.